The van der Waals surface area contributed by atoms with Crippen molar-refractivity contribution in [2.45, 2.75) is 17.2 Å². The third kappa shape index (κ3) is 3.25. The zero-order chi connectivity index (χ0) is 12.1. The first-order chi connectivity index (χ1) is 8.31. The molecule has 0 aromatic heterocycles. The molecule has 1 nitrogen and oxygen atoms in total. The first kappa shape index (κ1) is 12.5. The fraction of sp³-hybridized carbons (Fsp3) is 0.143. The van der Waals surface area contributed by atoms with Gasteiger partial charge in [-0.3, -0.25) is 0 Å². The topological polar surface area (TPSA) is 26.0 Å². The normalized spacial score (nSPS) is 10.5. The smallest absolute Gasteiger partial charge is 0.0545 e. The molecule has 0 heterocycles. The van der Waals surface area contributed by atoms with E-state index in [1.807, 2.05) is 36.4 Å². The molecule has 0 amide bonds. The number of halogens is 1. The Bertz CT molecular complexity index is 485. The van der Waals surface area contributed by atoms with Crippen LogP contribution in [0.4, 0.5) is 0 Å². The van der Waals surface area contributed by atoms with Crippen molar-refractivity contribution < 1.29 is 0 Å². The molecular formula is C14H14ClNS. The van der Waals surface area contributed by atoms with Crippen LogP contribution in [0.1, 0.15) is 11.1 Å². The van der Waals surface area contributed by atoms with E-state index in [0.717, 1.165) is 21.2 Å². The molecule has 0 aliphatic heterocycles. The highest BCUT2D eigenvalue weighted by Crippen LogP contribution is 2.32. The second-order valence-electron chi connectivity index (χ2n) is 3.71. The first-order valence-corrected chi connectivity index (χ1v) is 6.82. The van der Waals surface area contributed by atoms with E-state index >= 15 is 0 Å². The Hall–Kier alpha value is -0.960. The van der Waals surface area contributed by atoms with Gasteiger partial charge >= 0.3 is 0 Å². The van der Waals surface area contributed by atoms with Crippen LogP contribution in [0.3, 0.4) is 0 Å². The highest BCUT2D eigenvalue weighted by molar-refractivity contribution is 7.98. The van der Waals surface area contributed by atoms with Crippen molar-refractivity contribution in [3.63, 3.8) is 0 Å². The van der Waals surface area contributed by atoms with E-state index in [1.165, 1.54) is 5.56 Å². The second-order valence-corrected chi connectivity index (χ2v) is 5.10. The van der Waals surface area contributed by atoms with Crippen LogP contribution in [0.2, 0.25) is 5.02 Å². The third-order valence-electron chi connectivity index (χ3n) is 2.49. The molecule has 3 heteroatoms. The molecule has 0 fully saturated rings. The van der Waals surface area contributed by atoms with Crippen molar-refractivity contribution in [1.82, 2.24) is 0 Å². The fourth-order valence-electron chi connectivity index (χ4n) is 1.61. The molecule has 17 heavy (non-hydrogen) atoms. The van der Waals surface area contributed by atoms with E-state index in [1.54, 1.807) is 11.8 Å². The van der Waals surface area contributed by atoms with Gasteiger partial charge in [0, 0.05) is 17.2 Å². The van der Waals surface area contributed by atoms with Crippen molar-refractivity contribution in [3.05, 3.63) is 64.7 Å². The van der Waals surface area contributed by atoms with Crippen LogP contribution in [0.5, 0.6) is 0 Å². The maximum atomic E-state index is 6.20. The predicted octanol–water partition coefficient (Wildman–Crippen LogP) is 4.09. The first-order valence-electron chi connectivity index (χ1n) is 5.45. The summed E-state index contributed by atoms with van der Waals surface area (Å²) in [6.45, 7) is 0.525. The lowest BCUT2D eigenvalue weighted by Crippen LogP contribution is -1.98. The van der Waals surface area contributed by atoms with E-state index in [0.29, 0.717) is 6.54 Å². The Morgan fingerprint density at radius 1 is 1.00 bits per heavy atom. The van der Waals surface area contributed by atoms with Crippen molar-refractivity contribution in [2.24, 2.45) is 5.73 Å². The SMILES string of the molecule is NCc1cccc(Cl)c1SCc1ccccc1. The Labute approximate surface area is 111 Å². The fourth-order valence-corrected chi connectivity index (χ4v) is 3.01. The van der Waals surface area contributed by atoms with Gasteiger partial charge in [-0.25, -0.2) is 0 Å². The summed E-state index contributed by atoms with van der Waals surface area (Å²) in [6, 6.07) is 16.2. The van der Waals surface area contributed by atoms with Crippen LogP contribution in [-0.4, -0.2) is 0 Å². The molecule has 2 rings (SSSR count). The van der Waals surface area contributed by atoms with Crippen molar-refractivity contribution in [2.75, 3.05) is 0 Å². The molecule has 0 saturated carbocycles. The summed E-state index contributed by atoms with van der Waals surface area (Å²) in [7, 11) is 0. The van der Waals surface area contributed by atoms with Crippen LogP contribution in [-0.2, 0) is 12.3 Å². The van der Waals surface area contributed by atoms with Gasteiger partial charge in [-0.05, 0) is 17.2 Å². The lowest BCUT2D eigenvalue weighted by molar-refractivity contribution is 1.03. The largest absolute Gasteiger partial charge is 0.326 e. The summed E-state index contributed by atoms with van der Waals surface area (Å²) in [5.74, 6) is 0.914. The van der Waals surface area contributed by atoms with E-state index in [4.69, 9.17) is 17.3 Å². The molecule has 0 saturated heterocycles. The van der Waals surface area contributed by atoms with Gasteiger partial charge in [0.15, 0.2) is 0 Å². The van der Waals surface area contributed by atoms with Gasteiger partial charge in [-0.1, -0.05) is 54.1 Å². The lowest BCUT2D eigenvalue weighted by Gasteiger charge is -2.09. The Morgan fingerprint density at radius 2 is 1.76 bits per heavy atom. The van der Waals surface area contributed by atoms with Crippen LogP contribution in [0, 0.1) is 0 Å². The summed E-state index contributed by atoms with van der Waals surface area (Å²) >= 11 is 7.94. The molecule has 2 aromatic rings. The quantitative estimate of drug-likeness (QED) is 0.841. The zero-order valence-electron chi connectivity index (χ0n) is 9.40. The molecular weight excluding hydrogens is 250 g/mol. The number of benzene rings is 2. The van der Waals surface area contributed by atoms with Crippen molar-refractivity contribution >= 4 is 23.4 Å². The molecule has 0 spiro atoms. The average Bonchev–Trinajstić information content (AvgIpc) is 2.38. The lowest BCUT2D eigenvalue weighted by atomic mass is 10.2. The van der Waals surface area contributed by atoms with Crippen LogP contribution >= 0.6 is 23.4 Å². The molecule has 2 N–H and O–H groups in total. The van der Waals surface area contributed by atoms with Gasteiger partial charge < -0.3 is 5.73 Å². The van der Waals surface area contributed by atoms with E-state index in [2.05, 4.69) is 12.1 Å². The predicted molar refractivity (Wildman–Crippen MR) is 75.3 cm³/mol. The summed E-state index contributed by atoms with van der Waals surface area (Å²) < 4.78 is 0. The molecule has 88 valence electrons. The summed E-state index contributed by atoms with van der Waals surface area (Å²) in [4.78, 5) is 1.10. The standard InChI is InChI=1S/C14H14ClNS/c15-13-8-4-7-12(9-16)14(13)17-10-11-5-2-1-3-6-11/h1-8H,9-10,16H2. The number of hydrogen-bond acceptors (Lipinski definition) is 2. The van der Waals surface area contributed by atoms with E-state index < -0.39 is 0 Å². The highest BCUT2D eigenvalue weighted by Gasteiger charge is 2.06. The Morgan fingerprint density at radius 3 is 2.47 bits per heavy atom. The summed E-state index contributed by atoms with van der Waals surface area (Å²) in [6.07, 6.45) is 0. The van der Waals surface area contributed by atoms with Gasteiger partial charge in [-0.15, -0.1) is 11.8 Å². The molecule has 2 aromatic carbocycles. The van der Waals surface area contributed by atoms with Crippen molar-refractivity contribution in [1.29, 1.82) is 0 Å². The molecule has 0 aliphatic rings. The minimum atomic E-state index is 0.525. The van der Waals surface area contributed by atoms with Crippen molar-refractivity contribution in [3.8, 4) is 0 Å². The maximum absolute atomic E-state index is 6.20. The van der Waals surface area contributed by atoms with Gasteiger partial charge in [0.1, 0.15) is 0 Å². The molecule has 0 radical (unpaired) electrons. The minimum absolute atomic E-state index is 0.525. The van der Waals surface area contributed by atoms with Gasteiger partial charge in [0.25, 0.3) is 0 Å². The van der Waals surface area contributed by atoms with Gasteiger partial charge in [0.05, 0.1) is 5.02 Å². The highest BCUT2D eigenvalue weighted by atomic mass is 35.5. The monoisotopic (exact) mass is 263 g/mol. The molecule has 0 aliphatic carbocycles. The van der Waals surface area contributed by atoms with Gasteiger partial charge in [0.2, 0.25) is 0 Å². The number of nitrogens with two attached hydrogens (primary N) is 1. The molecule has 0 atom stereocenters. The van der Waals surface area contributed by atoms with E-state index in [9.17, 15) is 0 Å². The summed E-state index contributed by atoms with van der Waals surface area (Å²) in [5.41, 5.74) is 8.12. The van der Waals surface area contributed by atoms with Crippen LogP contribution in [0.15, 0.2) is 53.4 Å². The number of thioether (sulfide) groups is 1. The average molecular weight is 264 g/mol. The molecule has 0 unspecified atom stereocenters. The number of hydrogen-bond donors (Lipinski definition) is 1. The van der Waals surface area contributed by atoms with Crippen LogP contribution in [0.25, 0.3) is 0 Å². The zero-order valence-corrected chi connectivity index (χ0v) is 11.0. The third-order valence-corrected chi connectivity index (χ3v) is 4.17. The Balaban J connectivity index is 2.14. The molecule has 0 bridgehead atoms. The van der Waals surface area contributed by atoms with E-state index in [-0.39, 0.29) is 0 Å². The minimum Gasteiger partial charge on any atom is -0.326 e. The van der Waals surface area contributed by atoms with Crippen LogP contribution < -0.4 is 5.73 Å². The summed E-state index contributed by atoms with van der Waals surface area (Å²) in [5, 5.41) is 0.786. The second kappa shape index (κ2) is 6.10. The van der Waals surface area contributed by atoms with Gasteiger partial charge in [-0.2, -0.15) is 0 Å². The Kier molecular flexibility index (Phi) is 4.49. The maximum Gasteiger partial charge on any atom is 0.0545 e. The number of rotatable bonds is 4.